The van der Waals surface area contributed by atoms with E-state index in [4.69, 9.17) is 0 Å². The Morgan fingerprint density at radius 3 is 2.75 bits per heavy atom. The van der Waals surface area contributed by atoms with Gasteiger partial charge in [0.05, 0.1) is 6.54 Å². The molecule has 132 valence electrons. The number of nitrogens with one attached hydrogen (secondary N) is 1. The highest BCUT2D eigenvalue weighted by molar-refractivity contribution is 7.09. The third kappa shape index (κ3) is 4.62. The van der Waals surface area contributed by atoms with E-state index < -0.39 is 0 Å². The first-order valence-electron chi connectivity index (χ1n) is 8.45. The Morgan fingerprint density at radius 1 is 1.29 bits per heavy atom. The summed E-state index contributed by atoms with van der Waals surface area (Å²) in [6, 6.07) is 8.09. The summed E-state index contributed by atoms with van der Waals surface area (Å²) in [5.41, 5.74) is 0.809. The highest BCUT2D eigenvalue weighted by atomic mass is 35.5. The van der Waals surface area contributed by atoms with Gasteiger partial charge in [0.15, 0.2) is 0 Å². The van der Waals surface area contributed by atoms with Gasteiger partial charge in [0.1, 0.15) is 5.69 Å². The molecule has 0 atom stereocenters. The van der Waals surface area contributed by atoms with Crippen molar-refractivity contribution in [3.05, 3.63) is 46.4 Å². The van der Waals surface area contributed by atoms with E-state index in [1.54, 1.807) is 11.3 Å². The minimum atomic E-state index is 0. The molecule has 0 radical (unpaired) electrons. The second kappa shape index (κ2) is 9.25. The molecule has 0 saturated carbocycles. The van der Waals surface area contributed by atoms with E-state index in [-0.39, 0.29) is 18.3 Å². The number of amides is 1. The molecule has 24 heavy (non-hydrogen) atoms. The number of thiophene rings is 1. The van der Waals surface area contributed by atoms with Crippen LogP contribution in [0.2, 0.25) is 0 Å². The topological polar surface area (TPSA) is 37.3 Å². The van der Waals surface area contributed by atoms with Gasteiger partial charge in [-0.2, -0.15) is 0 Å². The Kier molecular flexibility index (Phi) is 7.34. The summed E-state index contributed by atoms with van der Waals surface area (Å²) in [6.07, 6.45) is 4.21. The fraction of sp³-hybridized carbons (Fsp3) is 0.500. The van der Waals surface area contributed by atoms with Crippen molar-refractivity contribution in [2.45, 2.75) is 26.3 Å². The van der Waals surface area contributed by atoms with Crippen LogP contribution in [0.4, 0.5) is 0 Å². The predicted octanol–water partition coefficient (Wildman–Crippen LogP) is 3.48. The van der Waals surface area contributed by atoms with E-state index in [1.165, 1.54) is 4.88 Å². The summed E-state index contributed by atoms with van der Waals surface area (Å²) >= 11 is 1.73. The van der Waals surface area contributed by atoms with Gasteiger partial charge in [-0.05, 0) is 55.4 Å². The Bertz CT molecular complexity index is 618. The molecular formula is C18H26ClN3OS. The molecule has 3 heterocycles. The van der Waals surface area contributed by atoms with Gasteiger partial charge in [-0.3, -0.25) is 4.79 Å². The summed E-state index contributed by atoms with van der Waals surface area (Å²) in [5, 5.41) is 5.50. The molecule has 1 amide bonds. The summed E-state index contributed by atoms with van der Waals surface area (Å²) in [4.78, 5) is 16.1. The van der Waals surface area contributed by atoms with E-state index >= 15 is 0 Å². The standard InChI is InChI=1S/C18H25N3OS.ClH/c1-2-19-13-15-7-10-20(11-8-15)18(22)17-6-3-9-21(17)14-16-5-4-12-23-16;/h3-6,9,12,15,19H,2,7-8,10-11,13-14H2,1H3;1H. The fourth-order valence-electron chi connectivity index (χ4n) is 3.17. The van der Waals surface area contributed by atoms with Gasteiger partial charge in [-0.25, -0.2) is 0 Å². The first-order chi connectivity index (χ1) is 11.3. The molecule has 6 heteroatoms. The van der Waals surface area contributed by atoms with E-state index in [9.17, 15) is 4.79 Å². The second-order valence-electron chi connectivity index (χ2n) is 6.14. The zero-order valence-corrected chi connectivity index (χ0v) is 15.7. The van der Waals surface area contributed by atoms with Crippen molar-refractivity contribution in [1.82, 2.24) is 14.8 Å². The van der Waals surface area contributed by atoms with Crippen molar-refractivity contribution < 1.29 is 4.79 Å². The second-order valence-corrected chi connectivity index (χ2v) is 7.18. The van der Waals surface area contributed by atoms with Crippen LogP contribution in [0.3, 0.4) is 0 Å². The Hall–Kier alpha value is -1.30. The number of nitrogens with zero attached hydrogens (tertiary/aromatic N) is 2. The number of piperidine rings is 1. The SMILES string of the molecule is CCNCC1CCN(C(=O)c2cccn2Cc2cccs2)CC1.Cl. The summed E-state index contributed by atoms with van der Waals surface area (Å²) in [5.74, 6) is 0.880. The number of carbonyl (C=O) groups excluding carboxylic acids is 1. The van der Waals surface area contributed by atoms with Gasteiger partial charge in [-0.15, -0.1) is 23.7 Å². The molecule has 0 bridgehead atoms. The average Bonchev–Trinajstić information content (AvgIpc) is 3.25. The van der Waals surface area contributed by atoms with Crippen LogP contribution in [0.15, 0.2) is 35.8 Å². The Morgan fingerprint density at radius 2 is 2.08 bits per heavy atom. The highest BCUT2D eigenvalue weighted by Crippen LogP contribution is 2.20. The first kappa shape index (κ1) is 19.0. The predicted molar refractivity (Wildman–Crippen MR) is 102 cm³/mol. The third-order valence-corrected chi connectivity index (χ3v) is 5.40. The summed E-state index contributed by atoms with van der Waals surface area (Å²) in [7, 11) is 0. The molecular weight excluding hydrogens is 342 g/mol. The Balaban J connectivity index is 0.00000208. The normalized spacial score (nSPS) is 15.3. The lowest BCUT2D eigenvalue weighted by Gasteiger charge is -2.32. The highest BCUT2D eigenvalue weighted by Gasteiger charge is 2.24. The average molecular weight is 368 g/mol. The van der Waals surface area contributed by atoms with Crippen molar-refractivity contribution in [3.63, 3.8) is 0 Å². The van der Waals surface area contributed by atoms with Crippen LogP contribution in [0.25, 0.3) is 0 Å². The van der Waals surface area contributed by atoms with Crippen LogP contribution >= 0.6 is 23.7 Å². The number of halogens is 1. The van der Waals surface area contributed by atoms with Crippen molar-refractivity contribution in [3.8, 4) is 0 Å². The van der Waals surface area contributed by atoms with Crippen LogP contribution in [-0.4, -0.2) is 41.6 Å². The van der Waals surface area contributed by atoms with Crippen LogP contribution in [0, 0.1) is 5.92 Å². The van der Waals surface area contributed by atoms with Crippen LogP contribution < -0.4 is 5.32 Å². The number of aromatic nitrogens is 1. The quantitative estimate of drug-likeness (QED) is 0.848. The van der Waals surface area contributed by atoms with Gasteiger partial charge in [0.2, 0.25) is 0 Å². The van der Waals surface area contributed by atoms with Crippen molar-refractivity contribution in [2.75, 3.05) is 26.2 Å². The van der Waals surface area contributed by atoms with Crippen molar-refractivity contribution >= 4 is 29.7 Å². The number of likely N-dealkylation sites (tertiary alicyclic amines) is 1. The maximum absolute atomic E-state index is 12.8. The van der Waals surface area contributed by atoms with Gasteiger partial charge in [0.25, 0.3) is 5.91 Å². The minimum Gasteiger partial charge on any atom is -0.338 e. The molecule has 1 saturated heterocycles. The van der Waals surface area contributed by atoms with Crippen molar-refractivity contribution in [1.29, 1.82) is 0 Å². The monoisotopic (exact) mass is 367 g/mol. The van der Waals surface area contributed by atoms with Gasteiger partial charge in [-0.1, -0.05) is 13.0 Å². The maximum Gasteiger partial charge on any atom is 0.270 e. The lowest BCUT2D eigenvalue weighted by Crippen LogP contribution is -2.41. The zero-order chi connectivity index (χ0) is 16.1. The molecule has 3 rings (SSSR count). The molecule has 2 aromatic rings. The molecule has 2 aromatic heterocycles. The van der Waals surface area contributed by atoms with Crippen molar-refractivity contribution in [2.24, 2.45) is 5.92 Å². The molecule has 0 aromatic carbocycles. The molecule has 4 nitrogen and oxygen atoms in total. The lowest BCUT2D eigenvalue weighted by molar-refractivity contribution is 0.0680. The summed E-state index contributed by atoms with van der Waals surface area (Å²) < 4.78 is 2.07. The molecule has 1 fully saturated rings. The molecule has 1 N–H and O–H groups in total. The van der Waals surface area contributed by atoms with Gasteiger partial charge in [0, 0.05) is 24.2 Å². The molecule has 0 spiro atoms. The van der Waals surface area contributed by atoms with Gasteiger partial charge >= 0.3 is 0 Å². The van der Waals surface area contributed by atoms with E-state index in [0.717, 1.165) is 51.3 Å². The zero-order valence-electron chi connectivity index (χ0n) is 14.1. The van der Waals surface area contributed by atoms with Crippen LogP contribution in [0.1, 0.15) is 35.1 Å². The first-order valence-corrected chi connectivity index (χ1v) is 9.33. The van der Waals surface area contributed by atoms with E-state index in [2.05, 4.69) is 34.3 Å². The van der Waals surface area contributed by atoms with Crippen LogP contribution in [0.5, 0.6) is 0 Å². The van der Waals surface area contributed by atoms with Crippen LogP contribution in [-0.2, 0) is 6.54 Å². The summed E-state index contributed by atoms with van der Waals surface area (Å²) in [6.45, 7) is 6.77. The molecule has 1 aliphatic rings. The number of carbonyl (C=O) groups is 1. The third-order valence-electron chi connectivity index (χ3n) is 4.54. The van der Waals surface area contributed by atoms with Gasteiger partial charge < -0.3 is 14.8 Å². The minimum absolute atomic E-state index is 0. The number of hydrogen-bond acceptors (Lipinski definition) is 3. The fourth-order valence-corrected chi connectivity index (χ4v) is 3.87. The molecule has 0 unspecified atom stereocenters. The Labute approximate surface area is 154 Å². The lowest BCUT2D eigenvalue weighted by atomic mass is 9.96. The smallest absolute Gasteiger partial charge is 0.270 e. The molecule has 0 aliphatic carbocycles. The van der Waals surface area contributed by atoms with E-state index in [0.29, 0.717) is 5.92 Å². The number of rotatable bonds is 6. The molecule has 1 aliphatic heterocycles. The number of hydrogen-bond donors (Lipinski definition) is 1. The largest absolute Gasteiger partial charge is 0.338 e. The maximum atomic E-state index is 12.8. The van der Waals surface area contributed by atoms with E-state index in [1.807, 2.05) is 23.2 Å².